The molecule has 6 heteroatoms. The van der Waals surface area contributed by atoms with Crippen molar-refractivity contribution < 1.29 is 28.6 Å². The van der Waals surface area contributed by atoms with Crippen molar-refractivity contribution in [1.82, 2.24) is 0 Å². The van der Waals surface area contributed by atoms with Gasteiger partial charge < -0.3 is 14.2 Å². The van der Waals surface area contributed by atoms with Crippen LogP contribution >= 0.6 is 0 Å². The zero-order chi connectivity index (χ0) is 20.7. The van der Waals surface area contributed by atoms with E-state index in [1.807, 2.05) is 0 Å². The Bertz CT molecular complexity index is 426. The maximum atomic E-state index is 12.8. The molecule has 0 aliphatic heterocycles. The average molecular weight is 385 g/mol. The van der Waals surface area contributed by atoms with Crippen LogP contribution in [0.1, 0.15) is 72.6 Å². The normalized spacial score (nSPS) is 12.1. The SMILES string of the molecule is C=CC(CCCCCCCC)C(C(=O)OCC)(C(=O)OCC)C(=O)OCC. The summed E-state index contributed by atoms with van der Waals surface area (Å²) in [7, 11) is 0. The number of hydrogen-bond acceptors (Lipinski definition) is 6. The van der Waals surface area contributed by atoms with Gasteiger partial charge in [-0.15, -0.1) is 6.58 Å². The molecule has 0 rings (SSSR count). The molecule has 1 atom stereocenters. The molecule has 27 heavy (non-hydrogen) atoms. The van der Waals surface area contributed by atoms with Gasteiger partial charge in [-0.25, -0.2) is 0 Å². The minimum atomic E-state index is -2.16. The van der Waals surface area contributed by atoms with E-state index in [9.17, 15) is 14.4 Å². The minimum Gasteiger partial charge on any atom is -0.465 e. The number of ether oxygens (including phenoxy) is 3. The fraction of sp³-hybridized carbons (Fsp3) is 0.762. The van der Waals surface area contributed by atoms with Gasteiger partial charge in [0.1, 0.15) is 0 Å². The summed E-state index contributed by atoms with van der Waals surface area (Å²) in [6.07, 6.45) is 8.20. The molecule has 0 N–H and O–H groups in total. The summed E-state index contributed by atoms with van der Waals surface area (Å²) in [5, 5.41) is 0. The van der Waals surface area contributed by atoms with E-state index in [-0.39, 0.29) is 19.8 Å². The quantitative estimate of drug-likeness (QED) is 0.138. The zero-order valence-electron chi connectivity index (χ0n) is 17.4. The van der Waals surface area contributed by atoms with Crippen LogP contribution < -0.4 is 0 Å². The van der Waals surface area contributed by atoms with Gasteiger partial charge in [-0.2, -0.15) is 0 Å². The second-order valence-electron chi connectivity index (χ2n) is 6.37. The van der Waals surface area contributed by atoms with E-state index in [0.29, 0.717) is 6.42 Å². The van der Waals surface area contributed by atoms with Gasteiger partial charge in [-0.05, 0) is 27.2 Å². The van der Waals surface area contributed by atoms with Gasteiger partial charge >= 0.3 is 17.9 Å². The molecule has 0 bridgehead atoms. The summed E-state index contributed by atoms with van der Waals surface area (Å²) in [6, 6.07) is 0. The van der Waals surface area contributed by atoms with Crippen LogP contribution in [0.15, 0.2) is 12.7 Å². The minimum absolute atomic E-state index is 0.0419. The lowest BCUT2D eigenvalue weighted by atomic mass is 9.72. The van der Waals surface area contributed by atoms with Crippen molar-refractivity contribution in [3.8, 4) is 0 Å². The van der Waals surface area contributed by atoms with Crippen molar-refractivity contribution in [2.24, 2.45) is 11.3 Å². The number of unbranched alkanes of at least 4 members (excludes halogenated alkanes) is 5. The van der Waals surface area contributed by atoms with E-state index in [2.05, 4.69) is 13.5 Å². The molecule has 0 aromatic carbocycles. The Labute approximate surface area is 163 Å². The van der Waals surface area contributed by atoms with Gasteiger partial charge in [0, 0.05) is 5.92 Å². The first-order valence-corrected chi connectivity index (χ1v) is 10.1. The summed E-state index contributed by atoms with van der Waals surface area (Å²) >= 11 is 0. The average Bonchev–Trinajstić information content (AvgIpc) is 2.64. The highest BCUT2D eigenvalue weighted by Crippen LogP contribution is 2.38. The molecule has 0 aliphatic rings. The summed E-state index contributed by atoms with van der Waals surface area (Å²) in [6.45, 7) is 10.9. The van der Waals surface area contributed by atoms with Crippen LogP contribution in [0.5, 0.6) is 0 Å². The van der Waals surface area contributed by atoms with Crippen LogP contribution in [0, 0.1) is 11.3 Å². The monoisotopic (exact) mass is 384 g/mol. The molecule has 0 saturated heterocycles. The highest BCUT2D eigenvalue weighted by molar-refractivity contribution is 6.18. The second-order valence-corrected chi connectivity index (χ2v) is 6.37. The van der Waals surface area contributed by atoms with Gasteiger partial charge in [0.25, 0.3) is 5.41 Å². The third-order valence-electron chi connectivity index (χ3n) is 4.50. The Morgan fingerprint density at radius 3 is 1.56 bits per heavy atom. The molecule has 0 amide bonds. The Hall–Kier alpha value is -1.85. The van der Waals surface area contributed by atoms with Crippen LogP contribution in [0.2, 0.25) is 0 Å². The van der Waals surface area contributed by atoms with Gasteiger partial charge in [0.05, 0.1) is 19.8 Å². The first kappa shape index (κ1) is 25.1. The van der Waals surface area contributed by atoms with Crippen molar-refractivity contribution in [1.29, 1.82) is 0 Å². The molecule has 156 valence electrons. The van der Waals surface area contributed by atoms with E-state index in [4.69, 9.17) is 14.2 Å². The van der Waals surface area contributed by atoms with Gasteiger partial charge in [0.15, 0.2) is 0 Å². The molecule has 0 heterocycles. The predicted molar refractivity (Wildman–Crippen MR) is 104 cm³/mol. The molecule has 0 fully saturated rings. The third-order valence-corrected chi connectivity index (χ3v) is 4.50. The predicted octanol–water partition coefficient (Wildman–Crippen LogP) is 4.21. The maximum absolute atomic E-state index is 12.8. The van der Waals surface area contributed by atoms with E-state index in [1.54, 1.807) is 20.8 Å². The molecule has 0 aromatic heterocycles. The number of hydrogen-bond donors (Lipinski definition) is 0. The van der Waals surface area contributed by atoms with Crippen LogP contribution in [0.4, 0.5) is 0 Å². The van der Waals surface area contributed by atoms with E-state index >= 15 is 0 Å². The van der Waals surface area contributed by atoms with Crippen molar-refractivity contribution in [2.75, 3.05) is 19.8 Å². The Kier molecular flexibility index (Phi) is 13.3. The first-order chi connectivity index (χ1) is 13.0. The summed E-state index contributed by atoms with van der Waals surface area (Å²) in [5.74, 6) is -3.55. The van der Waals surface area contributed by atoms with E-state index < -0.39 is 29.2 Å². The Morgan fingerprint density at radius 2 is 1.19 bits per heavy atom. The smallest absolute Gasteiger partial charge is 0.335 e. The lowest BCUT2D eigenvalue weighted by Crippen LogP contribution is -2.54. The van der Waals surface area contributed by atoms with Crippen molar-refractivity contribution in [3.63, 3.8) is 0 Å². The van der Waals surface area contributed by atoms with Gasteiger partial charge in [-0.1, -0.05) is 51.5 Å². The fourth-order valence-corrected chi connectivity index (χ4v) is 3.09. The molecule has 6 nitrogen and oxygen atoms in total. The number of carbonyl (C=O) groups excluding carboxylic acids is 3. The summed E-state index contributed by atoms with van der Waals surface area (Å²) in [4.78, 5) is 38.4. The molecule has 1 unspecified atom stereocenters. The molecule has 0 spiro atoms. The fourth-order valence-electron chi connectivity index (χ4n) is 3.09. The largest absolute Gasteiger partial charge is 0.465 e. The van der Waals surface area contributed by atoms with Crippen molar-refractivity contribution in [3.05, 3.63) is 12.7 Å². The molecular weight excluding hydrogens is 348 g/mol. The molecular formula is C21H36O6. The molecule has 0 aliphatic carbocycles. The van der Waals surface area contributed by atoms with Crippen LogP contribution in [-0.4, -0.2) is 37.7 Å². The topological polar surface area (TPSA) is 78.9 Å². The van der Waals surface area contributed by atoms with E-state index in [1.165, 1.54) is 12.5 Å². The Balaban J connectivity index is 5.64. The Morgan fingerprint density at radius 1 is 0.778 bits per heavy atom. The van der Waals surface area contributed by atoms with E-state index in [0.717, 1.165) is 32.1 Å². The standard InChI is InChI=1S/C21H36O6/c1-6-11-12-13-14-15-16-17(7-2)21(18(22)25-8-3,19(23)26-9-4)20(24)27-10-5/h7,17H,2,6,8-16H2,1,3-5H3. The molecule has 0 aromatic rings. The highest BCUT2D eigenvalue weighted by atomic mass is 16.6. The van der Waals surface area contributed by atoms with Crippen LogP contribution in [0.3, 0.4) is 0 Å². The van der Waals surface area contributed by atoms with Crippen molar-refractivity contribution >= 4 is 17.9 Å². The number of esters is 3. The lowest BCUT2D eigenvalue weighted by Gasteiger charge is -2.32. The number of carbonyl (C=O) groups is 3. The van der Waals surface area contributed by atoms with Crippen molar-refractivity contribution in [2.45, 2.75) is 72.6 Å². The maximum Gasteiger partial charge on any atom is 0.335 e. The van der Waals surface area contributed by atoms with Crippen LogP contribution in [0.25, 0.3) is 0 Å². The third kappa shape index (κ3) is 7.00. The first-order valence-electron chi connectivity index (χ1n) is 10.1. The second kappa shape index (κ2) is 14.2. The lowest BCUT2D eigenvalue weighted by molar-refractivity contribution is -0.187. The summed E-state index contributed by atoms with van der Waals surface area (Å²) in [5.41, 5.74) is -2.16. The zero-order valence-corrected chi connectivity index (χ0v) is 17.4. The summed E-state index contributed by atoms with van der Waals surface area (Å²) < 4.78 is 15.3. The molecule has 0 radical (unpaired) electrons. The van der Waals surface area contributed by atoms with Crippen LogP contribution in [-0.2, 0) is 28.6 Å². The van der Waals surface area contributed by atoms with Gasteiger partial charge in [-0.3, -0.25) is 14.4 Å². The highest BCUT2D eigenvalue weighted by Gasteiger charge is 2.61. The van der Waals surface area contributed by atoms with Gasteiger partial charge in [0.2, 0.25) is 0 Å². The number of allylic oxidation sites excluding steroid dienone is 1. The molecule has 0 saturated carbocycles. The number of rotatable bonds is 15.